The summed E-state index contributed by atoms with van der Waals surface area (Å²) in [5.74, 6) is 0.0533. The Morgan fingerprint density at radius 1 is 1.19 bits per heavy atom. The first-order valence-corrected chi connectivity index (χ1v) is 7.71. The Kier molecular flexibility index (Phi) is 16.5. The third kappa shape index (κ3) is 15.3. The lowest BCUT2D eigenvalue weighted by Crippen LogP contribution is -2.30. The van der Waals surface area contributed by atoms with Crippen LogP contribution in [-0.2, 0) is 14.3 Å². The van der Waals surface area contributed by atoms with Gasteiger partial charge >= 0.3 is 0 Å². The highest BCUT2D eigenvalue weighted by atomic mass is 16.5. The van der Waals surface area contributed by atoms with Gasteiger partial charge in [-0.2, -0.15) is 0 Å². The summed E-state index contributed by atoms with van der Waals surface area (Å²) in [4.78, 5) is 12.5. The molecule has 1 unspecified atom stereocenters. The lowest BCUT2D eigenvalue weighted by Gasteiger charge is -2.15. The molecule has 128 valence electrons. The van der Waals surface area contributed by atoms with Crippen LogP contribution >= 0.6 is 0 Å². The van der Waals surface area contributed by atoms with Crippen LogP contribution in [0.5, 0.6) is 0 Å². The van der Waals surface area contributed by atoms with Gasteiger partial charge in [-0.1, -0.05) is 26.0 Å². The van der Waals surface area contributed by atoms with Crippen LogP contribution in [0.15, 0.2) is 12.2 Å². The molecule has 1 atom stereocenters. The van der Waals surface area contributed by atoms with Gasteiger partial charge in [-0.3, -0.25) is 4.79 Å². The molecule has 0 bridgehead atoms. The van der Waals surface area contributed by atoms with Crippen molar-refractivity contribution in [1.29, 1.82) is 0 Å². The summed E-state index contributed by atoms with van der Waals surface area (Å²) in [6.45, 7) is 17.3. The van der Waals surface area contributed by atoms with E-state index in [1.165, 1.54) is 0 Å². The molecule has 0 fully saturated rings. The summed E-state index contributed by atoms with van der Waals surface area (Å²) < 4.78 is 10.8. The molecule has 0 aliphatic carbocycles. The largest absolute Gasteiger partial charge is 0.378 e. The van der Waals surface area contributed by atoms with Crippen molar-refractivity contribution in [1.82, 2.24) is 10.2 Å². The second-order valence-corrected chi connectivity index (χ2v) is 4.69. The molecule has 1 amide bonds. The van der Waals surface area contributed by atoms with Crippen LogP contribution in [0.3, 0.4) is 0 Å². The number of nitrogens with zero attached hydrogens (tertiary/aromatic N) is 1. The molecule has 0 aliphatic heterocycles. The summed E-state index contributed by atoms with van der Waals surface area (Å²) >= 11 is 0. The minimum Gasteiger partial charge on any atom is -0.378 e. The Labute approximate surface area is 132 Å². The predicted molar refractivity (Wildman–Crippen MR) is 90.7 cm³/mol. The summed E-state index contributed by atoms with van der Waals surface area (Å²) in [6, 6.07) is 0.321. The van der Waals surface area contributed by atoms with E-state index >= 15 is 0 Å². The number of hydrogen-bond donors (Lipinski definition) is 1. The highest BCUT2D eigenvalue weighted by Gasteiger charge is 2.01. The number of rotatable bonds is 11. The fraction of sp³-hybridized carbons (Fsp3) is 0.812. The van der Waals surface area contributed by atoms with Crippen LogP contribution in [0.2, 0.25) is 0 Å². The zero-order chi connectivity index (χ0) is 16.7. The third-order valence-electron chi connectivity index (χ3n) is 2.92. The smallest absolute Gasteiger partial charge is 0.219 e. The SMILES string of the molecule is C=C(C)C(C)NCCOCCOCCN(C)C(C)=O.CC.[HH]. The first-order valence-electron chi connectivity index (χ1n) is 7.71. The zero-order valence-corrected chi connectivity index (χ0v) is 14.7. The van der Waals surface area contributed by atoms with Gasteiger partial charge in [0.15, 0.2) is 0 Å². The van der Waals surface area contributed by atoms with E-state index in [9.17, 15) is 4.79 Å². The summed E-state index contributed by atoms with van der Waals surface area (Å²) in [7, 11) is 1.76. The molecule has 0 aromatic rings. The van der Waals surface area contributed by atoms with Crippen LogP contribution < -0.4 is 5.32 Å². The van der Waals surface area contributed by atoms with Crippen LogP contribution in [-0.4, -0.2) is 63.4 Å². The molecule has 0 heterocycles. The van der Waals surface area contributed by atoms with E-state index in [0.29, 0.717) is 39.0 Å². The normalized spacial score (nSPS) is 11.3. The monoisotopic (exact) mass is 304 g/mol. The number of ether oxygens (including phenoxy) is 2. The molecular formula is C16H36N2O3. The molecule has 0 aliphatic rings. The quantitative estimate of drug-likeness (QED) is 0.470. The number of amides is 1. The molecular weight excluding hydrogens is 268 g/mol. The van der Waals surface area contributed by atoms with Gasteiger partial charge in [0.1, 0.15) is 0 Å². The Bertz CT molecular complexity index is 250. The molecule has 1 N–H and O–H groups in total. The second kappa shape index (κ2) is 15.5. The molecule has 0 saturated heterocycles. The van der Waals surface area contributed by atoms with Gasteiger partial charge in [-0.05, 0) is 13.8 Å². The van der Waals surface area contributed by atoms with Gasteiger partial charge in [0.05, 0.1) is 26.4 Å². The van der Waals surface area contributed by atoms with Crippen LogP contribution in [0.1, 0.15) is 36.0 Å². The van der Waals surface area contributed by atoms with Crippen molar-refractivity contribution in [3.8, 4) is 0 Å². The fourth-order valence-electron chi connectivity index (χ4n) is 1.20. The Balaban J connectivity index is -0.00000115. The highest BCUT2D eigenvalue weighted by molar-refractivity contribution is 5.72. The van der Waals surface area contributed by atoms with E-state index in [1.807, 2.05) is 20.8 Å². The first kappa shape index (κ1) is 22.4. The van der Waals surface area contributed by atoms with Crippen LogP contribution in [0.4, 0.5) is 0 Å². The van der Waals surface area contributed by atoms with E-state index < -0.39 is 0 Å². The molecule has 0 aromatic heterocycles. The minimum atomic E-state index is 0. The van der Waals surface area contributed by atoms with Crippen molar-refractivity contribution in [2.45, 2.75) is 40.7 Å². The van der Waals surface area contributed by atoms with Crippen molar-refractivity contribution >= 4 is 5.91 Å². The minimum absolute atomic E-state index is 0. The number of hydrogen-bond acceptors (Lipinski definition) is 4. The average Bonchev–Trinajstić information content (AvgIpc) is 2.46. The maximum absolute atomic E-state index is 10.9. The number of carbonyl (C=O) groups excluding carboxylic acids is 1. The van der Waals surface area contributed by atoms with Gasteiger partial charge in [0.25, 0.3) is 0 Å². The van der Waals surface area contributed by atoms with Gasteiger partial charge in [0.2, 0.25) is 5.91 Å². The Morgan fingerprint density at radius 2 is 1.71 bits per heavy atom. The van der Waals surface area contributed by atoms with Crippen molar-refractivity contribution < 1.29 is 15.7 Å². The molecule has 0 saturated carbocycles. The number of carbonyl (C=O) groups is 1. The summed E-state index contributed by atoms with van der Waals surface area (Å²) in [6.07, 6.45) is 0. The first-order chi connectivity index (χ1) is 9.95. The Morgan fingerprint density at radius 3 is 2.19 bits per heavy atom. The highest BCUT2D eigenvalue weighted by Crippen LogP contribution is 1.94. The van der Waals surface area contributed by atoms with Crippen molar-refractivity contribution in [3.63, 3.8) is 0 Å². The Hall–Kier alpha value is -0.910. The van der Waals surface area contributed by atoms with E-state index in [2.05, 4.69) is 18.8 Å². The number of likely N-dealkylation sites (N-methyl/N-ethyl adjacent to an activating group) is 1. The van der Waals surface area contributed by atoms with E-state index in [4.69, 9.17) is 9.47 Å². The van der Waals surface area contributed by atoms with Crippen molar-refractivity contribution in [2.75, 3.05) is 46.6 Å². The molecule has 0 aromatic carbocycles. The molecule has 5 nitrogen and oxygen atoms in total. The summed E-state index contributed by atoms with van der Waals surface area (Å²) in [5, 5.41) is 3.30. The standard InChI is InChI=1S/C14H28N2O3.C2H6.H2/c1-12(2)13(3)15-6-8-18-10-11-19-9-7-16(5)14(4)17;1-2;/h13,15H,1,6-11H2,2-5H3;1-2H3;1H. The van der Waals surface area contributed by atoms with E-state index in [1.54, 1.807) is 18.9 Å². The molecule has 21 heavy (non-hydrogen) atoms. The summed E-state index contributed by atoms with van der Waals surface area (Å²) in [5.41, 5.74) is 1.12. The van der Waals surface area contributed by atoms with Crippen molar-refractivity contribution in [2.24, 2.45) is 0 Å². The predicted octanol–water partition coefficient (Wildman–Crippen LogP) is 2.32. The lowest BCUT2D eigenvalue weighted by molar-refractivity contribution is -0.128. The average molecular weight is 304 g/mol. The third-order valence-corrected chi connectivity index (χ3v) is 2.92. The maximum atomic E-state index is 10.9. The van der Waals surface area contributed by atoms with E-state index in [0.717, 1.165) is 12.1 Å². The van der Waals surface area contributed by atoms with Gasteiger partial charge < -0.3 is 19.7 Å². The topological polar surface area (TPSA) is 50.8 Å². The van der Waals surface area contributed by atoms with Gasteiger partial charge in [-0.15, -0.1) is 0 Å². The van der Waals surface area contributed by atoms with Crippen LogP contribution in [0.25, 0.3) is 0 Å². The fourth-order valence-corrected chi connectivity index (χ4v) is 1.20. The molecule has 5 heteroatoms. The zero-order valence-electron chi connectivity index (χ0n) is 14.7. The van der Waals surface area contributed by atoms with Gasteiger partial charge in [-0.25, -0.2) is 0 Å². The van der Waals surface area contributed by atoms with Crippen molar-refractivity contribution in [3.05, 3.63) is 12.2 Å². The van der Waals surface area contributed by atoms with Gasteiger partial charge in [0, 0.05) is 34.5 Å². The maximum Gasteiger partial charge on any atom is 0.219 e. The molecule has 0 radical (unpaired) electrons. The molecule has 0 spiro atoms. The van der Waals surface area contributed by atoms with E-state index in [-0.39, 0.29) is 7.33 Å². The van der Waals surface area contributed by atoms with Crippen LogP contribution in [0, 0.1) is 0 Å². The molecule has 0 rings (SSSR count). The number of nitrogens with one attached hydrogen (secondary N) is 1. The second-order valence-electron chi connectivity index (χ2n) is 4.69. The lowest BCUT2D eigenvalue weighted by atomic mass is 10.2.